The second kappa shape index (κ2) is 4.97. The van der Waals surface area contributed by atoms with Crippen molar-refractivity contribution in [1.82, 2.24) is 10.6 Å². The first-order chi connectivity index (χ1) is 7.02. The molecular formula is C9H16N2O4. The van der Waals surface area contributed by atoms with E-state index >= 15 is 0 Å². The molecule has 86 valence electrons. The lowest BCUT2D eigenvalue weighted by molar-refractivity contribution is -0.122. The van der Waals surface area contributed by atoms with Crippen LogP contribution in [0.2, 0.25) is 0 Å². The minimum atomic E-state index is -1.18. The molecule has 0 radical (unpaired) electrons. The van der Waals surface area contributed by atoms with Crippen LogP contribution >= 0.6 is 0 Å². The lowest BCUT2D eigenvalue weighted by Gasteiger charge is -2.16. The molecule has 15 heavy (non-hydrogen) atoms. The molecule has 0 spiro atoms. The molecule has 1 saturated heterocycles. The standard InChI is InChI=1S/C9H16N2O4/c1-5-2-6(8(13)10-5)3-7(4-12)11-9(14)15/h5-7,11-12H,2-4H2,1H3,(H,10,13)(H,14,15)/t5-,6+,7?/m1/s1. The highest BCUT2D eigenvalue weighted by Gasteiger charge is 2.31. The summed E-state index contributed by atoms with van der Waals surface area (Å²) in [4.78, 5) is 21.7. The first-order valence-electron chi connectivity index (χ1n) is 4.93. The second-order valence-corrected chi connectivity index (χ2v) is 3.91. The third kappa shape index (κ3) is 3.39. The van der Waals surface area contributed by atoms with E-state index < -0.39 is 12.1 Å². The zero-order valence-corrected chi connectivity index (χ0v) is 8.56. The van der Waals surface area contributed by atoms with Gasteiger partial charge < -0.3 is 20.8 Å². The Balaban J connectivity index is 2.44. The lowest BCUT2D eigenvalue weighted by atomic mass is 9.97. The molecule has 0 saturated carbocycles. The van der Waals surface area contributed by atoms with E-state index in [9.17, 15) is 9.59 Å². The maximum absolute atomic E-state index is 11.4. The van der Waals surface area contributed by atoms with Gasteiger partial charge in [0.25, 0.3) is 0 Å². The maximum atomic E-state index is 11.4. The molecule has 6 nitrogen and oxygen atoms in total. The Bertz CT molecular complexity index is 256. The van der Waals surface area contributed by atoms with E-state index in [2.05, 4.69) is 10.6 Å². The van der Waals surface area contributed by atoms with Crippen LogP contribution in [0.3, 0.4) is 0 Å². The van der Waals surface area contributed by atoms with Gasteiger partial charge in [0.15, 0.2) is 0 Å². The number of carbonyl (C=O) groups excluding carboxylic acids is 1. The summed E-state index contributed by atoms with van der Waals surface area (Å²) < 4.78 is 0. The van der Waals surface area contributed by atoms with Crippen LogP contribution in [0, 0.1) is 5.92 Å². The third-order valence-electron chi connectivity index (χ3n) is 2.51. The smallest absolute Gasteiger partial charge is 0.404 e. The molecule has 0 aromatic rings. The van der Waals surface area contributed by atoms with Crippen LogP contribution in [-0.2, 0) is 4.79 Å². The minimum absolute atomic E-state index is 0.0619. The fourth-order valence-electron chi connectivity index (χ4n) is 1.85. The van der Waals surface area contributed by atoms with Gasteiger partial charge in [0.1, 0.15) is 0 Å². The van der Waals surface area contributed by atoms with Gasteiger partial charge in [0, 0.05) is 12.0 Å². The summed E-state index contributed by atoms with van der Waals surface area (Å²) in [6.45, 7) is 1.61. The molecule has 3 atom stereocenters. The number of carbonyl (C=O) groups is 2. The fourth-order valence-corrected chi connectivity index (χ4v) is 1.85. The third-order valence-corrected chi connectivity index (χ3v) is 2.51. The Kier molecular flexibility index (Phi) is 3.90. The molecule has 1 heterocycles. The highest BCUT2D eigenvalue weighted by molar-refractivity contribution is 5.81. The Morgan fingerprint density at radius 3 is 2.80 bits per heavy atom. The zero-order valence-electron chi connectivity index (χ0n) is 8.56. The molecule has 1 unspecified atom stereocenters. The van der Waals surface area contributed by atoms with Crippen molar-refractivity contribution < 1.29 is 19.8 Å². The highest BCUT2D eigenvalue weighted by Crippen LogP contribution is 2.20. The van der Waals surface area contributed by atoms with E-state index in [0.29, 0.717) is 12.8 Å². The molecule has 2 amide bonds. The molecule has 1 aliphatic heterocycles. The highest BCUT2D eigenvalue weighted by atomic mass is 16.4. The summed E-state index contributed by atoms with van der Waals surface area (Å²) in [6.07, 6.45) is -0.143. The van der Waals surface area contributed by atoms with Crippen molar-refractivity contribution in [3.8, 4) is 0 Å². The molecule has 0 aromatic carbocycles. The molecule has 6 heteroatoms. The second-order valence-electron chi connectivity index (χ2n) is 3.91. The molecular weight excluding hydrogens is 200 g/mol. The number of aliphatic hydroxyl groups is 1. The monoisotopic (exact) mass is 216 g/mol. The van der Waals surface area contributed by atoms with Crippen molar-refractivity contribution in [3.63, 3.8) is 0 Å². The topological polar surface area (TPSA) is 98.7 Å². The van der Waals surface area contributed by atoms with Gasteiger partial charge in [-0.2, -0.15) is 0 Å². The Hall–Kier alpha value is -1.30. The average Bonchev–Trinajstić information content (AvgIpc) is 2.43. The van der Waals surface area contributed by atoms with Crippen molar-refractivity contribution in [2.45, 2.75) is 31.8 Å². The zero-order chi connectivity index (χ0) is 11.4. The van der Waals surface area contributed by atoms with E-state index in [1.807, 2.05) is 6.92 Å². The van der Waals surface area contributed by atoms with Gasteiger partial charge in [-0.25, -0.2) is 4.79 Å². The Morgan fingerprint density at radius 2 is 2.40 bits per heavy atom. The molecule has 0 aliphatic carbocycles. The van der Waals surface area contributed by atoms with Crippen LogP contribution in [-0.4, -0.2) is 40.9 Å². The summed E-state index contributed by atoms with van der Waals surface area (Å²) in [5, 5.41) is 22.3. The van der Waals surface area contributed by atoms with Crippen molar-refractivity contribution in [2.75, 3.05) is 6.61 Å². The van der Waals surface area contributed by atoms with Gasteiger partial charge in [-0.1, -0.05) is 0 Å². The van der Waals surface area contributed by atoms with E-state index in [1.165, 1.54) is 0 Å². The SMILES string of the molecule is C[C@@H]1C[C@@H](CC(CO)NC(=O)O)C(=O)N1. The first kappa shape index (κ1) is 11.8. The van der Waals surface area contributed by atoms with Gasteiger partial charge in [-0.3, -0.25) is 4.79 Å². The number of hydrogen-bond acceptors (Lipinski definition) is 3. The van der Waals surface area contributed by atoms with Crippen molar-refractivity contribution in [2.24, 2.45) is 5.92 Å². The molecule has 0 aromatic heterocycles. The minimum Gasteiger partial charge on any atom is -0.465 e. The number of nitrogens with one attached hydrogen (secondary N) is 2. The number of carboxylic acid groups (broad SMARTS) is 1. The maximum Gasteiger partial charge on any atom is 0.404 e. The molecule has 1 aliphatic rings. The normalized spacial score (nSPS) is 27.2. The number of rotatable bonds is 4. The van der Waals surface area contributed by atoms with Crippen LogP contribution in [0.4, 0.5) is 4.79 Å². The van der Waals surface area contributed by atoms with Crippen molar-refractivity contribution >= 4 is 12.0 Å². The number of aliphatic hydroxyl groups excluding tert-OH is 1. The molecule has 4 N–H and O–H groups in total. The van der Waals surface area contributed by atoms with Gasteiger partial charge in [-0.05, 0) is 19.8 Å². The van der Waals surface area contributed by atoms with E-state index in [4.69, 9.17) is 10.2 Å². The van der Waals surface area contributed by atoms with Crippen LogP contribution in [0.1, 0.15) is 19.8 Å². The van der Waals surface area contributed by atoms with Crippen LogP contribution < -0.4 is 10.6 Å². The van der Waals surface area contributed by atoms with Crippen molar-refractivity contribution in [1.29, 1.82) is 0 Å². The molecule has 0 bridgehead atoms. The summed E-state index contributed by atoms with van der Waals surface area (Å²) >= 11 is 0. The fraction of sp³-hybridized carbons (Fsp3) is 0.778. The van der Waals surface area contributed by atoms with E-state index in [1.54, 1.807) is 0 Å². The average molecular weight is 216 g/mol. The van der Waals surface area contributed by atoms with E-state index in [0.717, 1.165) is 0 Å². The van der Waals surface area contributed by atoms with Crippen LogP contribution in [0.25, 0.3) is 0 Å². The van der Waals surface area contributed by atoms with Crippen LogP contribution in [0.15, 0.2) is 0 Å². The number of hydrogen-bond donors (Lipinski definition) is 4. The van der Waals surface area contributed by atoms with Gasteiger partial charge in [0.2, 0.25) is 5.91 Å². The largest absolute Gasteiger partial charge is 0.465 e. The van der Waals surface area contributed by atoms with Gasteiger partial charge >= 0.3 is 6.09 Å². The Morgan fingerprint density at radius 1 is 1.73 bits per heavy atom. The summed E-state index contributed by atoms with van der Waals surface area (Å²) in [5.41, 5.74) is 0. The van der Waals surface area contributed by atoms with Gasteiger partial charge in [-0.15, -0.1) is 0 Å². The summed E-state index contributed by atoms with van der Waals surface area (Å²) in [5.74, 6) is -0.267. The predicted octanol–water partition coefficient (Wildman–Crippen LogP) is -0.470. The first-order valence-corrected chi connectivity index (χ1v) is 4.93. The molecule has 1 rings (SSSR count). The summed E-state index contributed by atoms with van der Waals surface area (Å²) in [6, 6.07) is -0.435. The van der Waals surface area contributed by atoms with E-state index in [-0.39, 0.29) is 24.5 Å². The summed E-state index contributed by atoms with van der Waals surface area (Å²) in [7, 11) is 0. The van der Waals surface area contributed by atoms with Crippen LogP contribution in [0.5, 0.6) is 0 Å². The lowest BCUT2D eigenvalue weighted by Crippen LogP contribution is -2.39. The predicted molar refractivity (Wildman–Crippen MR) is 52.4 cm³/mol. The van der Waals surface area contributed by atoms with Gasteiger partial charge in [0.05, 0.1) is 12.6 Å². The quantitative estimate of drug-likeness (QED) is 0.510. The van der Waals surface area contributed by atoms with Crippen molar-refractivity contribution in [3.05, 3.63) is 0 Å². The Labute approximate surface area is 87.7 Å². The number of amides is 2. The molecule has 1 fully saturated rings.